The minimum absolute atomic E-state index is 0.0492. The topological polar surface area (TPSA) is 66.5 Å². The highest BCUT2D eigenvalue weighted by atomic mass is 16.2. The summed E-state index contributed by atoms with van der Waals surface area (Å²) in [6.45, 7) is 0. The summed E-state index contributed by atoms with van der Waals surface area (Å²) in [5.41, 5.74) is 2.22. The molecule has 0 bridgehead atoms. The predicted molar refractivity (Wildman–Crippen MR) is 117 cm³/mol. The Morgan fingerprint density at radius 1 is 0.800 bits per heavy atom. The zero-order chi connectivity index (χ0) is 20.7. The summed E-state index contributed by atoms with van der Waals surface area (Å²) in [6.07, 6.45) is 5.28. The van der Waals surface area contributed by atoms with Gasteiger partial charge in [0, 0.05) is 28.1 Å². The SMILES string of the molecule is O=C(Nc1ccc(N2C(=O)c3cccc4cccc(c34)C2=O)cc1)C1CCCCC1. The second-order valence-corrected chi connectivity index (χ2v) is 8.03. The average Bonchev–Trinajstić information content (AvgIpc) is 2.79. The molecule has 1 aliphatic heterocycles. The lowest BCUT2D eigenvalue weighted by molar-refractivity contribution is -0.120. The maximum Gasteiger partial charge on any atom is 0.265 e. The fourth-order valence-corrected chi connectivity index (χ4v) is 4.57. The van der Waals surface area contributed by atoms with Gasteiger partial charge < -0.3 is 5.32 Å². The van der Waals surface area contributed by atoms with Gasteiger partial charge in [-0.2, -0.15) is 0 Å². The second-order valence-electron chi connectivity index (χ2n) is 8.03. The van der Waals surface area contributed by atoms with Gasteiger partial charge in [0.05, 0.1) is 5.69 Å². The molecule has 0 atom stereocenters. The van der Waals surface area contributed by atoms with Crippen LogP contribution in [0.1, 0.15) is 52.8 Å². The molecule has 2 aliphatic rings. The van der Waals surface area contributed by atoms with E-state index < -0.39 is 0 Å². The van der Waals surface area contributed by atoms with Crippen molar-refractivity contribution in [2.75, 3.05) is 10.2 Å². The lowest BCUT2D eigenvalue weighted by Gasteiger charge is -2.27. The van der Waals surface area contributed by atoms with Crippen LogP contribution in [0.15, 0.2) is 60.7 Å². The van der Waals surface area contributed by atoms with Gasteiger partial charge in [-0.3, -0.25) is 14.4 Å². The highest BCUT2D eigenvalue weighted by Gasteiger charge is 2.33. The molecule has 5 heteroatoms. The Balaban J connectivity index is 1.41. The first-order valence-corrected chi connectivity index (χ1v) is 10.4. The molecule has 150 valence electrons. The van der Waals surface area contributed by atoms with Crippen LogP contribution in [-0.4, -0.2) is 17.7 Å². The van der Waals surface area contributed by atoms with Crippen LogP contribution in [0.3, 0.4) is 0 Å². The summed E-state index contributed by atoms with van der Waals surface area (Å²) in [4.78, 5) is 39.9. The predicted octanol–water partition coefficient (Wildman–Crippen LogP) is 5.16. The quantitative estimate of drug-likeness (QED) is 0.620. The van der Waals surface area contributed by atoms with E-state index in [2.05, 4.69) is 5.32 Å². The number of anilines is 2. The molecule has 0 spiro atoms. The van der Waals surface area contributed by atoms with E-state index in [9.17, 15) is 14.4 Å². The van der Waals surface area contributed by atoms with E-state index in [0.29, 0.717) is 27.9 Å². The van der Waals surface area contributed by atoms with Crippen molar-refractivity contribution in [2.45, 2.75) is 32.1 Å². The minimum atomic E-state index is -0.330. The van der Waals surface area contributed by atoms with Crippen molar-refractivity contribution in [2.24, 2.45) is 5.92 Å². The third-order valence-corrected chi connectivity index (χ3v) is 6.14. The Labute approximate surface area is 174 Å². The van der Waals surface area contributed by atoms with Crippen LogP contribution in [0, 0.1) is 5.92 Å². The smallest absolute Gasteiger partial charge is 0.265 e. The first-order valence-electron chi connectivity index (χ1n) is 10.4. The molecule has 0 saturated heterocycles. The van der Waals surface area contributed by atoms with Gasteiger partial charge in [0.1, 0.15) is 0 Å². The largest absolute Gasteiger partial charge is 0.326 e. The Hall–Kier alpha value is -3.47. The molecule has 0 radical (unpaired) electrons. The van der Waals surface area contributed by atoms with Crippen LogP contribution in [0.5, 0.6) is 0 Å². The van der Waals surface area contributed by atoms with Gasteiger partial charge in [-0.1, -0.05) is 43.5 Å². The molecule has 0 unspecified atom stereocenters. The number of hydrogen-bond donors (Lipinski definition) is 1. The van der Waals surface area contributed by atoms with Crippen molar-refractivity contribution in [3.8, 4) is 0 Å². The molecule has 0 aromatic heterocycles. The van der Waals surface area contributed by atoms with Crippen LogP contribution in [0.2, 0.25) is 0 Å². The van der Waals surface area contributed by atoms with Crippen molar-refractivity contribution < 1.29 is 14.4 Å². The highest BCUT2D eigenvalue weighted by molar-refractivity contribution is 6.35. The molecule has 1 fully saturated rings. The number of nitrogens with zero attached hydrogens (tertiary/aromatic N) is 1. The van der Waals surface area contributed by atoms with E-state index in [1.165, 1.54) is 11.3 Å². The van der Waals surface area contributed by atoms with E-state index in [4.69, 9.17) is 0 Å². The summed E-state index contributed by atoms with van der Waals surface area (Å²) in [5.74, 6) is -0.541. The van der Waals surface area contributed by atoms with Crippen LogP contribution in [-0.2, 0) is 4.79 Å². The van der Waals surface area contributed by atoms with E-state index in [1.54, 1.807) is 36.4 Å². The Kier molecular flexibility index (Phi) is 4.58. The van der Waals surface area contributed by atoms with Gasteiger partial charge in [-0.05, 0) is 54.6 Å². The first-order chi connectivity index (χ1) is 14.6. The molecule has 3 aromatic rings. The molecule has 1 heterocycles. The molecule has 3 amide bonds. The fraction of sp³-hybridized carbons (Fsp3) is 0.240. The summed E-state index contributed by atoms with van der Waals surface area (Å²) in [7, 11) is 0. The third-order valence-electron chi connectivity index (χ3n) is 6.14. The number of carbonyl (C=O) groups is 3. The molecular weight excluding hydrogens is 376 g/mol. The van der Waals surface area contributed by atoms with Crippen molar-refractivity contribution in [1.82, 2.24) is 0 Å². The minimum Gasteiger partial charge on any atom is -0.326 e. The van der Waals surface area contributed by atoms with Crippen LogP contribution >= 0.6 is 0 Å². The number of amides is 3. The van der Waals surface area contributed by atoms with Crippen LogP contribution in [0.25, 0.3) is 10.8 Å². The second kappa shape index (κ2) is 7.41. The Bertz CT molecular complexity index is 1110. The third kappa shape index (κ3) is 3.07. The molecule has 1 aliphatic carbocycles. The standard InChI is InChI=1S/C25H22N2O3/c28-23(17-6-2-1-3-7-17)26-18-12-14-19(15-13-18)27-24(29)20-10-4-8-16-9-5-11-21(22(16)20)25(27)30/h4-5,8-15,17H,1-3,6-7H2,(H,26,28). The van der Waals surface area contributed by atoms with Crippen molar-refractivity contribution >= 4 is 39.9 Å². The molecule has 1 N–H and O–H groups in total. The summed E-state index contributed by atoms with van der Waals surface area (Å²) < 4.78 is 0. The van der Waals surface area contributed by atoms with E-state index >= 15 is 0 Å². The number of hydrogen-bond acceptors (Lipinski definition) is 3. The maximum absolute atomic E-state index is 13.1. The summed E-state index contributed by atoms with van der Waals surface area (Å²) in [6, 6.07) is 17.9. The summed E-state index contributed by atoms with van der Waals surface area (Å²) in [5, 5.41) is 4.56. The zero-order valence-electron chi connectivity index (χ0n) is 16.6. The molecule has 5 rings (SSSR count). The Morgan fingerprint density at radius 3 is 2.00 bits per heavy atom. The number of rotatable bonds is 3. The van der Waals surface area contributed by atoms with Gasteiger partial charge in [0.2, 0.25) is 5.91 Å². The first kappa shape index (κ1) is 18.6. The Morgan fingerprint density at radius 2 is 1.40 bits per heavy atom. The number of nitrogens with one attached hydrogen (secondary N) is 1. The van der Waals surface area contributed by atoms with Crippen LogP contribution < -0.4 is 10.2 Å². The van der Waals surface area contributed by atoms with E-state index in [1.807, 2.05) is 24.3 Å². The van der Waals surface area contributed by atoms with E-state index in [-0.39, 0.29) is 23.6 Å². The maximum atomic E-state index is 13.1. The van der Waals surface area contributed by atoms with Gasteiger partial charge in [0.25, 0.3) is 11.8 Å². The van der Waals surface area contributed by atoms with E-state index in [0.717, 1.165) is 31.1 Å². The van der Waals surface area contributed by atoms with Gasteiger partial charge in [-0.25, -0.2) is 4.90 Å². The highest BCUT2D eigenvalue weighted by Crippen LogP contribution is 2.33. The number of carbonyl (C=O) groups excluding carboxylic acids is 3. The van der Waals surface area contributed by atoms with Crippen LogP contribution in [0.4, 0.5) is 11.4 Å². The molecule has 5 nitrogen and oxygen atoms in total. The average molecular weight is 398 g/mol. The lowest BCUT2D eigenvalue weighted by Crippen LogP contribution is -2.40. The molecular formula is C25H22N2O3. The normalized spacial score (nSPS) is 16.7. The van der Waals surface area contributed by atoms with Gasteiger partial charge in [0.15, 0.2) is 0 Å². The van der Waals surface area contributed by atoms with Gasteiger partial charge >= 0.3 is 0 Å². The molecule has 1 saturated carbocycles. The van der Waals surface area contributed by atoms with Crippen molar-refractivity contribution in [3.05, 3.63) is 71.8 Å². The molecule has 3 aromatic carbocycles. The molecule has 30 heavy (non-hydrogen) atoms. The number of benzene rings is 3. The van der Waals surface area contributed by atoms with Crippen molar-refractivity contribution in [3.63, 3.8) is 0 Å². The van der Waals surface area contributed by atoms with Gasteiger partial charge in [-0.15, -0.1) is 0 Å². The summed E-state index contributed by atoms with van der Waals surface area (Å²) >= 11 is 0. The zero-order valence-corrected chi connectivity index (χ0v) is 16.6. The van der Waals surface area contributed by atoms with Crippen molar-refractivity contribution in [1.29, 1.82) is 0 Å². The fourth-order valence-electron chi connectivity index (χ4n) is 4.57. The lowest BCUT2D eigenvalue weighted by atomic mass is 9.88. The number of imide groups is 1. The monoisotopic (exact) mass is 398 g/mol.